The van der Waals surface area contributed by atoms with Gasteiger partial charge >= 0.3 is 12.5 Å². The van der Waals surface area contributed by atoms with Crippen LogP contribution in [0.15, 0.2) is 54.6 Å². The molecule has 0 N–H and O–H groups in total. The van der Waals surface area contributed by atoms with Gasteiger partial charge in [0, 0.05) is 12.1 Å². The fraction of sp³-hybridized carbons (Fsp3) is 0.278. The van der Waals surface area contributed by atoms with Crippen LogP contribution in [-0.2, 0) is 12.6 Å². The van der Waals surface area contributed by atoms with Gasteiger partial charge in [0.25, 0.3) is 5.91 Å². The fourth-order valence-corrected chi connectivity index (χ4v) is 2.42. The van der Waals surface area contributed by atoms with E-state index >= 15 is 0 Å². The molecule has 0 aliphatic heterocycles. The molecule has 0 unspecified atom stereocenters. The summed E-state index contributed by atoms with van der Waals surface area (Å²) in [5.74, 6) is -1.19. The SMILES string of the molecule is O=C(c1ccccc1)N(CCCc1cccc(C(F)(F)F)c1)C(F)(F)F. The number of amides is 1. The van der Waals surface area contributed by atoms with Crippen molar-refractivity contribution < 1.29 is 31.1 Å². The Balaban J connectivity index is 2.06. The molecule has 2 aromatic carbocycles. The number of benzene rings is 2. The van der Waals surface area contributed by atoms with Crippen LogP contribution in [0.25, 0.3) is 0 Å². The molecule has 2 aromatic rings. The van der Waals surface area contributed by atoms with Gasteiger partial charge in [-0.25, -0.2) is 4.90 Å². The Hall–Kier alpha value is -2.51. The highest BCUT2D eigenvalue weighted by Gasteiger charge is 2.40. The fourth-order valence-electron chi connectivity index (χ4n) is 2.42. The highest BCUT2D eigenvalue weighted by Crippen LogP contribution is 2.30. The summed E-state index contributed by atoms with van der Waals surface area (Å²) in [6.45, 7) is -0.645. The van der Waals surface area contributed by atoms with E-state index in [0.717, 1.165) is 12.1 Å². The number of rotatable bonds is 5. The maximum Gasteiger partial charge on any atom is 0.487 e. The smallest absolute Gasteiger partial charge is 0.269 e. The molecule has 2 nitrogen and oxygen atoms in total. The van der Waals surface area contributed by atoms with Crippen LogP contribution in [0.3, 0.4) is 0 Å². The second kappa shape index (κ2) is 7.80. The van der Waals surface area contributed by atoms with Crippen LogP contribution < -0.4 is 0 Å². The van der Waals surface area contributed by atoms with Gasteiger partial charge in [-0.3, -0.25) is 4.79 Å². The van der Waals surface area contributed by atoms with Gasteiger partial charge in [-0.1, -0.05) is 36.4 Å². The monoisotopic (exact) mass is 375 g/mol. The molecule has 0 aromatic heterocycles. The largest absolute Gasteiger partial charge is 0.487 e. The first-order valence-corrected chi connectivity index (χ1v) is 7.69. The molecule has 0 radical (unpaired) electrons. The molecule has 0 saturated heterocycles. The number of nitrogens with zero attached hydrogens (tertiary/aromatic N) is 1. The summed E-state index contributed by atoms with van der Waals surface area (Å²) in [6, 6.07) is 11.4. The molecule has 2 rings (SSSR count). The highest BCUT2D eigenvalue weighted by atomic mass is 19.4. The van der Waals surface area contributed by atoms with Crippen molar-refractivity contribution in [3.63, 3.8) is 0 Å². The number of carbonyl (C=O) groups excluding carboxylic acids is 1. The molecule has 8 heteroatoms. The van der Waals surface area contributed by atoms with Crippen molar-refractivity contribution >= 4 is 5.91 Å². The maximum atomic E-state index is 13.2. The Bertz CT molecular complexity index is 739. The Labute approximate surface area is 146 Å². The predicted molar refractivity (Wildman–Crippen MR) is 83.3 cm³/mol. The molecule has 0 bridgehead atoms. The molecule has 140 valence electrons. The number of aryl methyl sites for hydroxylation is 1. The van der Waals surface area contributed by atoms with Gasteiger partial charge in [0.1, 0.15) is 0 Å². The lowest BCUT2D eigenvalue weighted by Crippen LogP contribution is -2.43. The van der Waals surface area contributed by atoms with Gasteiger partial charge in [0.2, 0.25) is 0 Å². The first kappa shape index (κ1) is 19.8. The Morgan fingerprint density at radius 2 is 1.54 bits per heavy atom. The maximum absolute atomic E-state index is 13.2. The third kappa shape index (κ3) is 5.24. The van der Waals surface area contributed by atoms with Crippen LogP contribution in [0.5, 0.6) is 0 Å². The third-order valence-electron chi connectivity index (χ3n) is 3.67. The number of halogens is 6. The molecular formula is C18H15F6NO. The Morgan fingerprint density at radius 3 is 2.12 bits per heavy atom. The lowest BCUT2D eigenvalue weighted by molar-refractivity contribution is -0.224. The van der Waals surface area contributed by atoms with Gasteiger partial charge < -0.3 is 0 Å². The molecule has 0 spiro atoms. The second-order valence-corrected chi connectivity index (χ2v) is 5.59. The highest BCUT2D eigenvalue weighted by molar-refractivity contribution is 5.94. The zero-order chi connectivity index (χ0) is 19.4. The van der Waals surface area contributed by atoms with Crippen molar-refractivity contribution in [2.24, 2.45) is 0 Å². The average molecular weight is 375 g/mol. The first-order valence-electron chi connectivity index (χ1n) is 7.69. The Morgan fingerprint density at radius 1 is 0.885 bits per heavy atom. The summed E-state index contributed by atoms with van der Waals surface area (Å²) in [4.78, 5) is 11.9. The van der Waals surface area contributed by atoms with Crippen molar-refractivity contribution in [2.75, 3.05) is 6.54 Å². The summed E-state index contributed by atoms with van der Waals surface area (Å²) < 4.78 is 77.5. The summed E-state index contributed by atoms with van der Waals surface area (Å²) in [5.41, 5.74) is -0.707. The van der Waals surface area contributed by atoms with E-state index in [1.807, 2.05) is 0 Å². The van der Waals surface area contributed by atoms with Gasteiger partial charge in [0.05, 0.1) is 5.56 Å². The van der Waals surface area contributed by atoms with Crippen LogP contribution in [0.1, 0.15) is 27.9 Å². The van der Waals surface area contributed by atoms with Crippen LogP contribution in [-0.4, -0.2) is 23.7 Å². The van der Waals surface area contributed by atoms with Crippen molar-refractivity contribution in [3.8, 4) is 0 Å². The van der Waals surface area contributed by atoms with Crippen molar-refractivity contribution in [3.05, 3.63) is 71.3 Å². The van der Waals surface area contributed by atoms with Crippen LogP contribution in [0, 0.1) is 0 Å². The molecule has 0 aliphatic rings. The minimum absolute atomic E-state index is 0.0153. The summed E-state index contributed by atoms with van der Waals surface area (Å²) >= 11 is 0. The van der Waals surface area contributed by atoms with Gasteiger partial charge in [0.15, 0.2) is 0 Å². The third-order valence-corrected chi connectivity index (χ3v) is 3.67. The molecule has 26 heavy (non-hydrogen) atoms. The minimum atomic E-state index is -4.87. The summed E-state index contributed by atoms with van der Waals surface area (Å²) in [6.07, 6.45) is -9.53. The van der Waals surface area contributed by atoms with E-state index in [2.05, 4.69) is 0 Å². The molecular weight excluding hydrogens is 360 g/mol. The number of hydrogen-bond acceptors (Lipinski definition) is 1. The standard InChI is InChI=1S/C18H15F6NO/c19-17(20,21)15-10-4-6-13(12-15)7-5-11-25(18(22,23)24)16(26)14-8-2-1-3-9-14/h1-4,6,8-10,12H,5,7,11H2. The predicted octanol–water partition coefficient (Wildman–Crippen LogP) is 5.30. The normalized spacial score (nSPS) is 12.1. The van der Waals surface area contributed by atoms with Crippen LogP contribution >= 0.6 is 0 Å². The van der Waals surface area contributed by atoms with E-state index in [4.69, 9.17) is 0 Å². The van der Waals surface area contributed by atoms with Gasteiger partial charge in [-0.05, 0) is 36.6 Å². The number of alkyl halides is 6. The van der Waals surface area contributed by atoms with Crippen molar-refractivity contribution in [2.45, 2.75) is 25.3 Å². The zero-order valence-corrected chi connectivity index (χ0v) is 13.4. The van der Waals surface area contributed by atoms with E-state index in [1.54, 1.807) is 6.07 Å². The molecule has 0 fully saturated rings. The minimum Gasteiger partial charge on any atom is -0.269 e. The molecule has 0 atom stereocenters. The first-order chi connectivity index (χ1) is 12.1. The number of hydrogen-bond donors (Lipinski definition) is 0. The van der Waals surface area contributed by atoms with Crippen LogP contribution in [0.2, 0.25) is 0 Å². The van der Waals surface area contributed by atoms with Crippen LogP contribution in [0.4, 0.5) is 26.3 Å². The van der Waals surface area contributed by atoms with E-state index in [9.17, 15) is 31.1 Å². The van der Waals surface area contributed by atoms with Crippen molar-refractivity contribution in [1.82, 2.24) is 4.90 Å². The van der Waals surface area contributed by atoms with E-state index in [1.165, 1.54) is 36.4 Å². The molecule has 1 amide bonds. The van der Waals surface area contributed by atoms with Gasteiger partial charge in [-0.15, -0.1) is 13.2 Å². The molecule has 0 aliphatic carbocycles. The lowest BCUT2D eigenvalue weighted by atomic mass is 10.1. The quantitative estimate of drug-likeness (QED) is 0.513. The lowest BCUT2D eigenvalue weighted by Gasteiger charge is -2.25. The van der Waals surface area contributed by atoms with E-state index in [-0.39, 0.29) is 28.9 Å². The number of carbonyl (C=O) groups is 1. The topological polar surface area (TPSA) is 20.3 Å². The Kier molecular flexibility index (Phi) is 5.94. The average Bonchev–Trinajstić information content (AvgIpc) is 2.57. The van der Waals surface area contributed by atoms with E-state index < -0.39 is 30.5 Å². The summed E-state index contributed by atoms with van der Waals surface area (Å²) in [7, 11) is 0. The van der Waals surface area contributed by atoms with Gasteiger partial charge in [-0.2, -0.15) is 13.2 Å². The molecule has 0 saturated carbocycles. The summed E-state index contributed by atoms with van der Waals surface area (Å²) in [5, 5.41) is 0. The second-order valence-electron chi connectivity index (χ2n) is 5.59. The molecule has 0 heterocycles. The van der Waals surface area contributed by atoms with Crippen molar-refractivity contribution in [1.29, 1.82) is 0 Å². The zero-order valence-electron chi connectivity index (χ0n) is 13.4. The van der Waals surface area contributed by atoms with E-state index in [0.29, 0.717) is 0 Å².